The molecule has 0 aliphatic carbocycles. The van der Waals surface area contributed by atoms with E-state index >= 15 is 0 Å². The summed E-state index contributed by atoms with van der Waals surface area (Å²) in [6.07, 6.45) is 7.43. The molecule has 6 nitrogen and oxygen atoms in total. The fourth-order valence-corrected chi connectivity index (χ4v) is 2.30. The Morgan fingerprint density at radius 3 is 1.74 bits per heavy atom. The first-order valence-corrected chi connectivity index (χ1v) is 10.6. The van der Waals surface area contributed by atoms with Crippen LogP contribution in [0.3, 0.4) is 0 Å². The van der Waals surface area contributed by atoms with E-state index in [1.165, 1.54) is 0 Å². The lowest BCUT2D eigenvalue weighted by Crippen LogP contribution is -2.20. The molecule has 6 heteroatoms. The zero-order chi connectivity index (χ0) is 20.2. The molecule has 0 saturated heterocycles. The van der Waals surface area contributed by atoms with E-state index in [-0.39, 0.29) is 24.6 Å². The van der Waals surface area contributed by atoms with Crippen LogP contribution >= 0.6 is 0 Å². The van der Waals surface area contributed by atoms with E-state index < -0.39 is 0 Å². The molecule has 1 atom stereocenters. The molecule has 0 heterocycles. The number of hydrogen-bond acceptors (Lipinski definition) is 6. The van der Waals surface area contributed by atoms with Gasteiger partial charge in [-0.05, 0) is 32.1 Å². The van der Waals surface area contributed by atoms with Gasteiger partial charge in [-0.3, -0.25) is 9.59 Å². The van der Waals surface area contributed by atoms with Crippen LogP contribution < -0.4 is 0 Å². The largest absolute Gasteiger partial charge is 0.466 e. The van der Waals surface area contributed by atoms with Gasteiger partial charge in [0.05, 0.1) is 6.61 Å². The second-order valence-electron chi connectivity index (χ2n) is 6.67. The summed E-state index contributed by atoms with van der Waals surface area (Å²) in [7, 11) is 0. The van der Waals surface area contributed by atoms with Crippen molar-refractivity contribution < 1.29 is 28.5 Å². The number of carbonyl (C=O) groups excluding carboxylic acids is 2. The van der Waals surface area contributed by atoms with Crippen molar-refractivity contribution in [3.63, 3.8) is 0 Å². The fraction of sp³-hybridized carbons (Fsp3) is 0.905. The van der Waals surface area contributed by atoms with Crippen molar-refractivity contribution in [2.24, 2.45) is 0 Å². The van der Waals surface area contributed by atoms with Gasteiger partial charge in [0.1, 0.15) is 6.10 Å². The molecule has 0 aromatic heterocycles. The minimum atomic E-state index is -0.223. The summed E-state index contributed by atoms with van der Waals surface area (Å²) in [5.74, 6) is -0.434. The first-order chi connectivity index (χ1) is 13.1. The SMILES string of the molecule is CCCCOCCCC(=O)OCCC(CC)OC(=O)CCCOCCCC. The van der Waals surface area contributed by atoms with E-state index in [1.807, 2.05) is 6.92 Å². The van der Waals surface area contributed by atoms with Crippen LogP contribution in [0.15, 0.2) is 0 Å². The Hall–Kier alpha value is -1.14. The van der Waals surface area contributed by atoms with Gasteiger partial charge < -0.3 is 18.9 Å². The zero-order valence-electron chi connectivity index (χ0n) is 17.6. The van der Waals surface area contributed by atoms with Crippen molar-refractivity contribution in [1.82, 2.24) is 0 Å². The molecule has 0 amide bonds. The molecule has 0 rings (SSSR count). The number of hydrogen-bond donors (Lipinski definition) is 0. The number of unbranched alkanes of at least 4 members (excludes halogenated alkanes) is 2. The number of ether oxygens (including phenoxy) is 4. The maximum absolute atomic E-state index is 11.8. The van der Waals surface area contributed by atoms with Crippen LogP contribution in [0.4, 0.5) is 0 Å². The monoisotopic (exact) mass is 388 g/mol. The standard InChI is InChI=1S/C21H40O6/c1-4-7-14-24-16-9-11-20(22)26-18-13-19(6-3)27-21(23)12-10-17-25-15-8-5-2/h19H,4-18H2,1-3H3. The minimum absolute atomic E-state index is 0.205. The molecule has 0 aromatic carbocycles. The molecule has 160 valence electrons. The quantitative estimate of drug-likeness (QED) is 0.241. The lowest BCUT2D eigenvalue weighted by atomic mass is 10.2. The lowest BCUT2D eigenvalue weighted by Gasteiger charge is -2.16. The Balaban J connectivity index is 3.66. The predicted octanol–water partition coefficient (Wildman–Crippen LogP) is 4.44. The van der Waals surface area contributed by atoms with Gasteiger partial charge in [-0.15, -0.1) is 0 Å². The second-order valence-corrected chi connectivity index (χ2v) is 6.67. The highest BCUT2D eigenvalue weighted by atomic mass is 16.6. The van der Waals surface area contributed by atoms with Crippen LogP contribution in [-0.2, 0) is 28.5 Å². The fourth-order valence-electron chi connectivity index (χ4n) is 2.30. The van der Waals surface area contributed by atoms with Gasteiger partial charge in [-0.2, -0.15) is 0 Å². The summed E-state index contributed by atoms with van der Waals surface area (Å²) in [6, 6.07) is 0. The lowest BCUT2D eigenvalue weighted by molar-refractivity contribution is -0.151. The molecule has 0 aliphatic rings. The van der Waals surface area contributed by atoms with Gasteiger partial charge in [0, 0.05) is 45.7 Å². The van der Waals surface area contributed by atoms with Crippen molar-refractivity contribution in [2.75, 3.05) is 33.0 Å². The van der Waals surface area contributed by atoms with Crippen LogP contribution in [-0.4, -0.2) is 51.1 Å². The van der Waals surface area contributed by atoms with Gasteiger partial charge in [0.15, 0.2) is 0 Å². The molecule has 0 spiro atoms. The molecule has 0 aromatic rings. The number of rotatable bonds is 19. The molecular weight excluding hydrogens is 348 g/mol. The first-order valence-electron chi connectivity index (χ1n) is 10.6. The number of esters is 2. The topological polar surface area (TPSA) is 71.1 Å². The van der Waals surface area contributed by atoms with E-state index in [0.717, 1.165) is 38.9 Å². The van der Waals surface area contributed by atoms with Crippen LogP contribution in [0.2, 0.25) is 0 Å². The maximum Gasteiger partial charge on any atom is 0.306 e. The van der Waals surface area contributed by atoms with E-state index in [4.69, 9.17) is 18.9 Å². The van der Waals surface area contributed by atoms with Gasteiger partial charge >= 0.3 is 11.9 Å². The molecule has 27 heavy (non-hydrogen) atoms. The van der Waals surface area contributed by atoms with Crippen molar-refractivity contribution in [3.8, 4) is 0 Å². The highest BCUT2D eigenvalue weighted by molar-refractivity contribution is 5.69. The van der Waals surface area contributed by atoms with E-state index in [2.05, 4.69) is 13.8 Å². The van der Waals surface area contributed by atoms with Crippen molar-refractivity contribution >= 4 is 11.9 Å². The molecular formula is C21H40O6. The smallest absolute Gasteiger partial charge is 0.306 e. The van der Waals surface area contributed by atoms with Gasteiger partial charge in [0.25, 0.3) is 0 Å². The maximum atomic E-state index is 11.8. The second kappa shape index (κ2) is 19.6. The van der Waals surface area contributed by atoms with Crippen LogP contribution in [0, 0.1) is 0 Å². The zero-order valence-corrected chi connectivity index (χ0v) is 17.6. The van der Waals surface area contributed by atoms with Crippen molar-refractivity contribution in [2.45, 2.75) is 91.1 Å². The van der Waals surface area contributed by atoms with E-state index in [0.29, 0.717) is 51.7 Å². The van der Waals surface area contributed by atoms with E-state index in [1.54, 1.807) is 0 Å². The van der Waals surface area contributed by atoms with Gasteiger partial charge in [-0.25, -0.2) is 0 Å². The minimum Gasteiger partial charge on any atom is -0.466 e. The average Bonchev–Trinajstić information content (AvgIpc) is 2.66. The molecule has 0 aliphatic heterocycles. The van der Waals surface area contributed by atoms with Crippen molar-refractivity contribution in [1.29, 1.82) is 0 Å². The highest BCUT2D eigenvalue weighted by Crippen LogP contribution is 2.08. The van der Waals surface area contributed by atoms with Crippen LogP contribution in [0.5, 0.6) is 0 Å². The molecule has 0 fully saturated rings. The Morgan fingerprint density at radius 1 is 0.704 bits per heavy atom. The molecule has 0 N–H and O–H groups in total. The summed E-state index contributed by atoms with van der Waals surface area (Å²) in [5.41, 5.74) is 0. The first kappa shape index (κ1) is 25.9. The van der Waals surface area contributed by atoms with Crippen molar-refractivity contribution in [3.05, 3.63) is 0 Å². The summed E-state index contributed by atoms with van der Waals surface area (Å²) in [6.45, 7) is 9.15. The van der Waals surface area contributed by atoms with Crippen LogP contribution in [0.25, 0.3) is 0 Å². The third-order valence-electron chi connectivity index (χ3n) is 4.08. The summed E-state index contributed by atoms with van der Waals surface area (Å²) in [5, 5.41) is 0. The summed E-state index contributed by atoms with van der Waals surface area (Å²) >= 11 is 0. The highest BCUT2D eigenvalue weighted by Gasteiger charge is 2.13. The Kier molecular flexibility index (Phi) is 18.8. The van der Waals surface area contributed by atoms with Crippen LogP contribution in [0.1, 0.15) is 85.0 Å². The van der Waals surface area contributed by atoms with Gasteiger partial charge in [0.2, 0.25) is 0 Å². The number of carbonyl (C=O) groups is 2. The predicted molar refractivity (Wildman–Crippen MR) is 106 cm³/mol. The Morgan fingerprint density at radius 2 is 1.22 bits per heavy atom. The van der Waals surface area contributed by atoms with E-state index in [9.17, 15) is 9.59 Å². The van der Waals surface area contributed by atoms with Gasteiger partial charge in [-0.1, -0.05) is 33.6 Å². The normalized spacial score (nSPS) is 12.0. The Labute approximate surface area is 165 Å². The molecule has 0 saturated carbocycles. The summed E-state index contributed by atoms with van der Waals surface area (Å²) < 4.78 is 21.5. The average molecular weight is 389 g/mol. The Bertz CT molecular complexity index is 359. The molecule has 0 bridgehead atoms. The molecule has 0 radical (unpaired) electrons. The third kappa shape index (κ3) is 18.0. The third-order valence-corrected chi connectivity index (χ3v) is 4.08. The molecule has 1 unspecified atom stereocenters. The summed E-state index contributed by atoms with van der Waals surface area (Å²) in [4.78, 5) is 23.5.